The van der Waals surface area contributed by atoms with Crippen LogP contribution in [0.1, 0.15) is 42.5 Å². The van der Waals surface area contributed by atoms with E-state index in [-0.39, 0.29) is 5.92 Å². The largest absolute Gasteiger partial charge is 0.381 e. The van der Waals surface area contributed by atoms with Crippen LogP contribution < -0.4 is 0 Å². The molecule has 1 saturated heterocycles. The first-order valence-electron chi connectivity index (χ1n) is 6.31. The molecule has 4 heteroatoms. The molecule has 4 nitrogen and oxygen atoms in total. The summed E-state index contributed by atoms with van der Waals surface area (Å²) in [4.78, 5) is 4.51. The fourth-order valence-electron chi connectivity index (χ4n) is 2.21. The van der Waals surface area contributed by atoms with Crippen molar-refractivity contribution < 1.29 is 9.26 Å². The van der Waals surface area contributed by atoms with Gasteiger partial charge in [0.05, 0.1) is 12.5 Å². The number of hydrogen-bond acceptors (Lipinski definition) is 4. The van der Waals surface area contributed by atoms with E-state index in [0.717, 1.165) is 18.9 Å². The van der Waals surface area contributed by atoms with Gasteiger partial charge in [0.25, 0.3) is 0 Å². The smallest absolute Gasteiger partial charge is 0.233 e. The quantitative estimate of drug-likeness (QED) is 0.833. The summed E-state index contributed by atoms with van der Waals surface area (Å²) >= 11 is 0. The lowest BCUT2D eigenvalue weighted by molar-refractivity contribution is 0.192. The van der Waals surface area contributed by atoms with E-state index in [1.54, 1.807) is 0 Å². The van der Waals surface area contributed by atoms with Crippen LogP contribution in [0.2, 0.25) is 0 Å². The Morgan fingerprint density at radius 3 is 2.83 bits per heavy atom. The highest BCUT2D eigenvalue weighted by atomic mass is 16.5. The minimum absolute atomic E-state index is 0.134. The highest BCUT2D eigenvalue weighted by Gasteiger charge is 2.24. The molecule has 1 aliphatic heterocycles. The van der Waals surface area contributed by atoms with Crippen molar-refractivity contribution in [1.29, 1.82) is 0 Å². The third kappa shape index (κ3) is 2.16. The van der Waals surface area contributed by atoms with Gasteiger partial charge in [-0.3, -0.25) is 0 Å². The number of benzene rings is 1. The lowest BCUT2D eigenvalue weighted by atomic mass is 10.0. The zero-order chi connectivity index (χ0) is 12.4. The summed E-state index contributed by atoms with van der Waals surface area (Å²) in [5.41, 5.74) is 1.19. The first kappa shape index (κ1) is 11.4. The Morgan fingerprint density at radius 1 is 1.28 bits per heavy atom. The Hall–Kier alpha value is -1.68. The Morgan fingerprint density at radius 2 is 2.11 bits per heavy atom. The third-order valence-corrected chi connectivity index (χ3v) is 3.42. The summed E-state index contributed by atoms with van der Waals surface area (Å²) < 4.78 is 10.7. The summed E-state index contributed by atoms with van der Waals surface area (Å²) in [7, 11) is 0. The molecule has 0 aliphatic carbocycles. The summed E-state index contributed by atoms with van der Waals surface area (Å²) in [5, 5.41) is 4.08. The van der Waals surface area contributed by atoms with E-state index in [9.17, 15) is 0 Å². The van der Waals surface area contributed by atoms with Gasteiger partial charge in [-0.2, -0.15) is 4.98 Å². The van der Waals surface area contributed by atoms with Gasteiger partial charge in [-0.15, -0.1) is 0 Å². The number of ether oxygens (including phenoxy) is 1. The molecule has 1 fully saturated rings. The van der Waals surface area contributed by atoms with E-state index in [4.69, 9.17) is 9.26 Å². The van der Waals surface area contributed by atoms with Crippen LogP contribution in [0.25, 0.3) is 0 Å². The van der Waals surface area contributed by atoms with Crippen molar-refractivity contribution in [3.8, 4) is 0 Å². The molecule has 1 aromatic heterocycles. The molecule has 0 bridgehead atoms. The topological polar surface area (TPSA) is 48.2 Å². The lowest BCUT2D eigenvalue weighted by Gasteiger charge is -2.05. The van der Waals surface area contributed by atoms with E-state index in [0.29, 0.717) is 18.4 Å². The maximum absolute atomic E-state index is 5.38. The van der Waals surface area contributed by atoms with Crippen LogP contribution in [0, 0.1) is 0 Å². The van der Waals surface area contributed by atoms with E-state index in [1.165, 1.54) is 5.56 Å². The highest BCUT2D eigenvalue weighted by molar-refractivity contribution is 5.23. The normalized spacial score (nSPS) is 21.1. The number of rotatable bonds is 3. The van der Waals surface area contributed by atoms with E-state index >= 15 is 0 Å². The van der Waals surface area contributed by atoms with E-state index in [1.807, 2.05) is 18.2 Å². The van der Waals surface area contributed by atoms with Gasteiger partial charge in [0.15, 0.2) is 5.82 Å². The molecule has 2 aromatic rings. The van der Waals surface area contributed by atoms with Crippen molar-refractivity contribution in [2.75, 3.05) is 13.2 Å². The molecule has 18 heavy (non-hydrogen) atoms. The molecule has 2 unspecified atom stereocenters. The maximum Gasteiger partial charge on any atom is 0.233 e. The molecule has 0 saturated carbocycles. The van der Waals surface area contributed by atoms with Gasteiger partial charge < -0.3 is 9.26 Å². The molecule has 1 aromatic carbocycles. The molecule has 3 rings (SSSR count). The second kappa shape index (κ2) is 4.90. The minimum atomic E-state index is 0.134. The van der Waals surface area contributed by atoms with Crippen LogP contribution in [-0.4, -0.2) is 23.4 Å². The fourth-order valence-corrected chi connectivity index (χ4v) is 2.21. The van der Waals surface area contributed by atoms with Crippen LogP contribution >= 0.6 is 0 Å². The van der Waals surface area contributed by atoms with Gasteiger partial charge in [-0.1, -0.05) is 35.5 Å². The SMILES string of the molecule is CC(c1ccccc1)c1nc(C2CCOC2)no1. The van der Waals surface area contributed by atoms with Crippen LogP contribution in [-0.2, 0) is 4.74 Å². The average molecular weight is 244 g/mol. The lowest BCUT2D eigenvalue weighted by Crippen LogP contribution is -2.01. The second-order valence-corrected chi connectivity index (χ2v) is 4.68. The Kier molecular flexibility index (Phi) is 3.11. The number of aromatic nitrogens is 2. The molecule has 2 heterocycles. The predicted octanol–water partition coefficient (Wildman–Crippen LogP) is 2.73. The van der Waals surface area contributed by atoms with Gasteiger partial charge >= 0.3 is 0 Å². The maximum atomic E-state index is 5.38. The Labute approximate surface area is 106 Å². The number of nitrogens with zero attached hydrogens (tertiary/aromatic N) is 2. The zero-order valence-electron chi connectivity index (χ0n) is 10.4. The van der Waals surface area contributed by atoms with Crippen molar-refractivity contribution in [3.05, 3.63) is 47.6 Å². The van der Waals surface area contributed by atoms with Crippen LogP contribution in [0.15, 0.2) is 34.9 Å². The molecule has 1 aliphatic rings. The Balaban J connectivity index is 1.80. The standard InChI is InChI=1S/C14H16N2O2/c1-10(11-5-3-2-4-6-11)14-15-13(16-18-14)12-7-8-17-9-12/h2-6,10,12H,7-9H2,1H3. The molecule has 0 spiro atoms. The van der Waals surface area contributed by atoms with Crippen molar-refractivity contribution in [2.24, 2.45) is 0 Å². The van der Waals surface area contributed by atoms with Gasteiger partial charge in [0.2, 0.25) is 5.89 Å². The highest BCUT2D eigenvalue weighted by Crippen LogP contribution is 2.26. The van der Waals surface area contributed by atoms with E-state index < -0.39 is 0 Å². The van der Waals surface area contributed by atoms with Crippen LogP contribution in [0.3, 0.4) is 0 Å². The van der Waals surface area contributed by atoms with Gasteiger partial charge in [0, 0.05) is 12.5 Å². The van der Waals surface area contributed by atoms with Gasteiger partial charge in [-0.05, 0) is 18.9 Å². The second-order valence-electron chi connectivity index (χ2n) is 4.68. The zero-order valence-corrected chi connectivity index (χ0v) is 10.4. The molecular formula is C14H16N2O2. The monoisotopic (exact) mass is 244 g/mol. The summed E-state index contributed by atoms with van der Waals surface area (Å²) in [6.07, 6.45) is 0.985. The molecule has 0 radical (unpaired) electrons. The molecular weight excluding hydrogens is 228 g/mol. The molecule has 2 atom stereocenters. The van der Waals surface area contributed by atoms with Gasteiger partial charge in [0.1, 0.15) is 0 Å². The summed E-state index contributed by atoms with van der Waals surface area (Å²) in [6, 6.07) is 10.2. The van der Waals surface area contributed by atoms with Crippen molar-refractivity contribution in [1.82, 2.24) is 10.1 Å². The molecule has 0 amide bonds. The van der Waals surface area contributed by atoms with Crippen molar-refractivity contribution in [3.63, 3.8) is 0 Å². The van der Waals surface area contributed by atoms with Gasteiger partial charge in [-0.25, -0.2) is 0 Å². The first-order valence-corrected chi connectivity index (χ1v) is 6.31. The minimum Gasteiger partial charge on any atom is -0.381 e. The molecule has 0 N–H and O–H groups in total. The van der Waals surface area contributed by atoms with Crippen molar-refractivity contribution in [2.45, 2.75) is 25.2 Å². The molecule has 94 valence electrons. The summed E-state index contributed by atoms with van der Waals surface area (Å²) in [6.45, 7) is 3.58. The first-order chi connectivity index (χ1) is 8.84. The van der Waals surface area contributed by atoms with Crippen molar-refractivity contribution >= 4 is 0 Å². The summed E-state index contributed by atoms with van der Waals surface area (Å²) in [5.74, 6) is 1.90. The number of hydrogen-bond donors (Lipinski definition) is 0. The fraction of sp³-hybridized carbons (Fsp3) is 0.429. The van der Waals surface area contributed by atoms with Crippen LogP contribution in [0.4, 0.5) is 0 Å². The Bertz CT molecular complexity index is 504. The average Bonchev–Trinajstić information content (AvgIpc) is 3.09. The van der Waals surface area contributed by atoms with E-state index in [2.05, 4.69) is 29.2 Å². The van der Waals surface area contributed by atoms with Crippen LogP contribution in [0.5, 0.6) is 0 Å². The third-order valence-electron chi connectivity index (χ3n) is 3.42. The predicted molar refractivity (Wildman–Crippen MR) is 66.4 cm³/mol.